The lowest BCUT2D eigenvalue weighted by Crippen LogP contribution is -2.19. The standard InChI is InChI=1S/C13H9F6N7O/c14-12(15,16)5-25-4-7(9(24-25)13(17,18)19)22-11(27)6-3-21-26-2-1-8(20)23-10(6)26/h1-4H,5H2,(H2,20,23)(H,22,27). The molecule has 0 unspecified atom stereocenters. The van der Waals surface area contributed by atoms with Crippen LogP contribution >= 0.6 is 0 Å². The van der Waals surface area contributed by atoms with Crippen LogP contribution in [0.15, 0.2) is 24.7 Å². The van der Waals surface area contributed by atoms with Gasteiger partial charge in [-0.25, -0.2) is 9.50 Å². The highest BCUT2D eigenvalue weighted by molar-refractivity contribution is 6.08. The van der Waals surface area contributed by atoms with Crippen LogP contribution in [0.2, 0.25) is 0 Å². The van der Waals surface area contributed by atoms with Gasteiger partial charge in [-0.15, -0.1) is 0 Å². The number of carbonyl (C=O) groups excluding carboxylic acids is 1. The van der Waals surface area contributed by atoms with E-state index in [0.29, 0.717) is 6.20 Å². The summed E-state index contributed by atoms with van der Waals surface area (Å²) in [6.45, 7) is -1.75. The molecular formula is C13H9F6N7O. The quantitative estimate of drug-likeness (QED) is 0.665. The Kier molecular flexibility index (Phi) is 4.20. The summed E-state index contributed by atoms with van der Waals surface area (Å²) in [5.41, 5.74) is 2.64. The molecule has 14 heteroatoms. The molecule has 0 fully saturated rings. The van der Waals surface area contributed by atoms with Gasteiger partial charge in [0.05, 0.1) is 11.9 Å². The first-order valence-electron chi connectivity index (χ1n) is 7.06. The fourth-order valence-corrected chi connectivity index (χ4v) is 2.22. The second-order valence-electron chi connectivity index (χ2n) is 5.33. The number of nitrogen functional groups attached to an aromatic ring is 1. The normalized spacial score (nSPS) is 12.5. The largest absolute Gasteiger partial charge is 0.437 e. The topological polar surface area (TPSA) is 103 Å². The van der Waals surface area contributed by atoms with Gasteiger partial charge in [0.2, 0.25) is 0 Å². The van der Waals surface area contributed by atoms with Gasteiger partial charge in [-0.05, 0) is 6.07 Å². The molecule has 0 spiro atoms. The summed E-state index contributed by atoms with van der Waals surface area (Å²) in [7, 11) is 0. The Labute approximate surface area is 145 Å². The minimum atomic E-state index is -5.08. The summed E-state index contributed by atoms with van der Waals surface area (Å²) in [5, 5.41) is 8.56. The summed E-state index contributed by atoms with van der Waals surface area (Å²) < 4.78 is 77.6. The molecule has 0 saturated heterocycles. The number of hydrogen-bond donors (Lipinski definition) is 2. The first-order chi connectivity index (χ1) is 12.4. The third-order valence-corrected chi connectivity index (χ3v) is 3.25. The summed E-state index contributed by atoms with van der Waals surface area (Å²) >= 11 is 0. The molecule has 3 aromatic rings. The molecule has 0 aliphatic rings. The van der Waals surface area contributed by atoms with Gasteiger partial charge in [-0.3, -0.25) is 9.48 Å². The number of halogens is 6. The minimum Gasteiger partial charge on any atom is -0.384 e. The van der Waals surface area contributed by atoms with Crippen molar-refractivity contribution in [3.05, 3.63) is 35.9 Å². The van der Waals surface area contributed by atoms with E-state index < -0.39 is 36.2 Å². The molecule has 1 amide bonds. The summed E-state index contributed by atoms with van der Waals surface area (Å²) in [5.74, 6) is -1.04. The van der Waals surface area contributed by atoms with Crippen LogP contribution in [0.25, 0.3) is 5.65 Å². The minimum absolute atomic E-state index is 0.0334. The van der Waals surface area contributed by atoms with Gasteiger partial charge in [0, 0.05) is 12.4 Å². The van der Waals surface area contributed by atoms with Gasteiger partial charge in [0.1, 0.15) is 17.9 Å². The molecule has 3 aromatic heterocycles. The number of nitrogens with two attached hydrogens (primary N) is 1. The van der Waals surface area contributed by atoms with Crippen molar-refractivity contribution in [3.8, 4) is 0 Å². The lowest BCUT2D eigenvalue weighted by atomic mass is 10.3. The summed E-state index contributed by atoms with van der Waals surface area (Å²) in [6, 6.07) is 1.38. The van der Waals surface area contributed by atoms with E-state index in [1.54, 1.807) is 0 Å². The smallest absolute Gasteiger partial charge is 0.384 e. The van der Waals surface area contributed by atoms with Crippen molar-refractivity contribution in [1.29, 1.82) is 0 Å². The van der Waals surface area contributed by atoms with Gasteiger partial charge in [-0.2, -0.15) is 36.5 Å². The monoisotopic (exact) mass is 393 g/mol. The van der Waals surface area contributed by atoms with E-state index in [2.05, 4.69) is 15.2 Å². The van der Waals surface area contributed by atoms with E-state index in [1.165, 1.54) is 12.3 Å². The lowest BCUT2D eigenvalue weighted by molar-refractivity contribution is -0.148. The fourth-order valence-electron chi connectivity index (χ4n) is 2.22. The van der Waals surface area contributed by atoms with Crippen molar-refractivity contribution >= 4 is 23.1 Å². The number of nitrogens with zero attached hydrogens (tertiary/aromatic N) is 5. The third kappa shape index (κ3) is 3.93. The Hall–Kier alpha value is -3.32. The lowest BCUT2D eigenvalue weighted by Gasteiger charge is -2.07. The molecular weight excluding hydrogens is 384 g/mol. The molecule has 27 heavy (non-hydrogen) atoms. The third-order valence-electron chi connectivity index (χ3n) is 3.25. The van der Waals surface area contributed by atoms with E-state index in [4.69, 9.17) is 5.73 Å². The van der Waals surface area contributed by atoms with Gasteiger partial charge in [-0.1, -0.05) is 0 Å². The van der Waals surface area contributed by atoms with Crippen LogP contribution in [0.3, 0.4) is 0 Å². The van der Waals surface area contributed by atoms with Crippen molar-refractivity contribution in [2.45, 2.75) is 18.9 Å². The first kappa shape index (κ1) is 18.5. The predicted molar refractivity (Wildman–Crippen MR) is 78.6 cm³/mol. The zero-order valence-corrected chi connectivity index (χ0v) is 13.0. The van der Waals surface area contributed by atoms with Crippen molar-refractivity contribution in [2.75, 3.05) is 11.1 Å². The number of fused-ring (bicyclic) bond motifs is 1. The molecule has 0 aromatic carbocycles. The van der Waals surface area contributed by atoms with Crippen molar-refractivity contribution in [3.63, 3.8) is 0 Å². The molecule has 3 heterocycles. The molecule has 0 aliphatic heterocycles. The highest BCUT2D eigenvalue weighted by atomic mass is 19.4. The van der Waals surface area contributed by atoms with Crippen LogP contribution in [0.4, 0.5) is 37.8 Å². The molecule has 3 N–H and O–H groups in total. The Morgan fingerprint density at radius 2 is 1.93 bits per heavy atom. The maximum atomic E-state index is 13.0. The second-order valence-corrected chi connectivity index (χ2v) is 5.33. The number of aromatic nitrogens is 5. The van der Waals surface area contributed by atoms with E-state index in [-0.39, 0.29) is 21.7 Å². The SMILES string of the molecule is Nc1ccn2ncc(C(=O)Nc3cn(CC(F)(F)F)nc3C(F)(F)F)c2n1. The Morgan fingerprint density at radius 1 is 1.22 bits per heavy atom. The number of rotatable bonds is 3. The zero-order chi connectivity index (χ0) is 20.0. The predicted octanol–water partition coefficient (Wildman–Crippen LogP) is 2.34. The Bertz CT molecular complexity index is 1000. The van der Waals surface area contributed by atoms with Crippen LogP contribution in [-0.4, -0.2) is 36.5 Å². The van der Waals surface area contributed by atoms with Gasteiger partial charge in [0.25, 0.3) is 5.91 Å². The Morgan fingerprint density at radius 3 is 2.56 bits per heavy atom. The average molecular weight is 393 g/mol. The molecule has 8 nitrogen and oxygen atoms in total. The van der Waals surface area contributed by atoms with E-state index in [1.807, 2.05) is 5.32 Å². The summed E-state index contributed by atoms with van der Waals surface area (Å²) in [4.78, 5) is 16.2. The summed E-state index contributed by atoms with van der Waals surface area (Å²) in [6.07, 6.45) is -7.02. The molecule has 0 aliphatic carbocycles. The van der Waals surface area contributed by atoms with Gasteiger partial charge in [0.15, 0.2) is 11.3 Å². The van der Waals surface area contributed by atoms with Gasteiger partial charge >= 0.3 is 12.4 Å². The van der Waals surface area contributed by atoms with Crippen LogP contribution in [0, 0.1) is 0 Å². The number of alkyl halides is 6. The van der Waals surface area contributed by atoms with Gasteiger partial charge < -0.3 is 11.1 Å². The van der Waals surface area contributed by atoms with E-state index in [0.717, 1.165) is 10.7 Å². The highest BCUT2D eigenvalue weighted by Crippen LogP contribution is 2.34. The Balaban J connectivity index is 1.96. The maximum Gasteiger partial charge on any atom is 0.437 e. The van der Waals surface area contributed by atoms with Crippen LogP contribution in [0.5, 0.6) is 0 Å². The second kappa shape index (κ2) is 6.14. The fraction of sp³-hybridized carbons (Fsp3) is 0.231. The van der Waals surface area contributed by atoms with E-state index >= 15 is 0 Å². The molecule has 0 radical (unpaired) electrons. The molecule has 144 valence electrons. The van der Waals surface area contributed by atoms with Crippen LogP contribution in [-0.2, 0) is 12.7 Å². The molecule has 0 atom stereocenters. The number of carbonyl (C=O) groups is 1. The number of anilines is 2. The molecule has 0 saturated carbocycles. The van der Waals surface area contributed by atoms with E-state index in [9.17, 15) is 31.1 Å². The average Bonchev–Trinajstić information content (AvgIpc) is 3.08. The maximum absolute atomic E-state index is 13.0. The van der Waals surface area contributed by atoms with Crippen LogP contribution < -0.4 is 11.1 Å². The number of nitrogens with one attached hydrogen (secondary N) is 1. The van der Waals surface area contributed by atoms with Crippen molar-refractivity contribution in [1.82, 2.24) is 24.4 Å². The zero-order valence-electron chi connectivity index (χ0n) is 13.0. The molecule has 3 rings (SSSR count). The first-order valence-corrected chi connectivity index (χ1v) is 7.06. The van der Waals surface area contributed by atoms with Crippen molar-refractivity contribution in [2.24, 2.45) is 0 Å². The van der Waals surface area contributed by atoms with Crippen molar-refractivity contribution < 1.29 is 31.1 Å². The molecule has 0 bridgehead atoms. The highest BCUT2D eigenvalue weighted by Gasteiger charge is 2.39. The van der Waals surface area contributed by atoms with Crippen LogP contribution in [0.1, 0.15) is 16.1 Å². The number of amides is 1. The number of hydrogen-bond acceptors (Lipinski definition) is 5.